The molecule has 2 aliphatic carbocycles. The minimum absolute atomic E-state index is 0.354. The van der Waals surface area contributed by atoms with Crippen LogP contribution in [0.3, 0.4) is 0 Å². The minimum Gasteiger partial charge on any atom is -0.490 e. The van der Waals surface area contributed by atoms with Gasteiger partial charge in [0.1, 0.15) is 23.7 Å². The second-order valence-corrected chi connectivity index (χ2v) is 8.67. The van der Waals surface area contributed by atoms with E-state index >= 15 is 0 Å². The van der Waals surface area contributed by atoms with E-state index in [-0.39, 0.29) is 0 Å². The van der Waals surface area contributed by atoms with Crippen molar-refractivity contribution in [2.45, 2.75) is 62.8 Å². The summed E-state index contributed by atoms with van der Waals surface area (Å²) in [6.45, 7) is 0. The first kappa shape index (κ1) is 18.4. The Hall–Kier alpha value is -2.00. The maximum Gasteiger partial charge on any atom is 0.119 e. The summed E-state index contributed by atoms with van der Waals surface area (Å²) in [5.74, 6) is 2.01. The SMILES string of the molecule is C[N+](C)(C1CCC(Oc2ccccc2)C1)C1CCC(Oc2ccccc2)C1. The van der Waals surface area contributed by atoms with Gasteiger partial charge in [0.15, 0.2) is 0 Å². The second-order valence-electron chi connectivity index (χ2n) is 8.67. The van der Waals surface area contributed by atoms with Gasteiger partial charge in [-0.25, -0.2) is 0 Å². The molecule has 3 heteroatoms. The number of hydrogen-bond donors (Lipinski definition) is 0. The molecule has 0 radical (unpaired) electrons. The average molecular weight is 367 g/mol. The molecule has 0 aromatic heterocycles. The van der Waals surface area contributed by atoms with Crippen LogP contribution in [0.15, 0.2) is 60.7 Å². The second kappa shape index (κ2) is 7.93. The van der Waals surface area contributed by atoms with Crippen LogP contribution in [0.25, 0.3) is 0 Å². The zero-order valence-electron chi connectivity index (χ0n) is 16.6. The highest BCUT2D eigenvalue weighted by Crippen LogP contribution is 2.37. The topological polar surface area (TPSA) is 18.5 Å². The molecule has 0 amide bonds. The van der Waals surface area contributed by atoms with Crippen LogP contribution in [0.2, 0.25) is 0 Å². The van der Waals surface area contributed by atoms with E-state index in [2.05, 4.69) is 38.4 Å². The van der Waals surface area contributed by atoms with E-state index in [1.54, 1.807) is 0 Å². The molecule has 0 saturated heterocycles. The molecular weight excluding hydrogens is 334 g/mol. The monoisotopic (exact) mass is 366 g/mol. The summed E-state index contributed by atoms with van der Waals surface area (Å²) in [7, 11) is 4.84. The van der Waals surface area contributed by atoms with Gasteiger partial charge in [0, 0.05) is 25.7 Å². The molecule has 2 fully saturated rings. The largest absolute Gasteiger partial charge is 0.490 e. The highest BCUT2D eigenvalue weighted by atomic mass is 16.5. The number of hydrogen-bond acceptors (Lipinski definition) is 2. The number of rotatable bonds is 6. The fourth-order valence-corrected chi connectivity index (χ4v) is 4.94. The molecule has 2 aromatic rings. The van der Waals surface area contributed by atoms with Crippen LogP contribution in [0.4, 0.5) is 0 Å². The van der Waals surface area contributed by atoms with Gasteiger partial charge in [-0.05, 0) is 37.1 Å². The molecule has 2 aliphatic rings. The molecule has 3 nitrogen and oxygen atoms in total. The molecule has 0 spiro atoms. The first-order valence-electron chi connectivity index (χ1n) is 10.4. The molecule has 0 bridgehead atoms. The normalized spacial score (nSPS) is 28.2. The highest BCUT2D eigenvalue weighted by Gasteiger charge is 2.45. The third kappa shape index (κ3) is 4.30. The maximum atomic E-state index is 6.23. The minimum atomic E-state index is 0.354. The first-order valence-corrected chi connectivity index (χ1v) is 10.4. The molecule has 2 saturated carbocycles. The maximum absolute atomic E-state index is 6.23. The fourth-order valence-electron chi connectivity index (χ4n) is 4.94. The van der Waals surface area contributed by atoms with Crippen LogP contribution in [-0.2, 0) is 0 Å². The smallest absolute Gasteiger partial charge is 0.119 e. The lowest BCUT2D eigenvalue weighted by Gasteiger charge is -2.41. The van der Waals surface area contributed by atoms with Gasteiger partial charge in [0.25, 0.3) is 0 Å². The molecule has 2 aromatic carbocycles. The van der Waals surface area contributed by atoms with Crippen LogP contribution in [0.5, 0.6) is 11.5 Å². The van der Waals surface area contributed by atoms with E-state index < -0.39 is 0 Å². The first-order chi connectivity index (χ1) is 13.1. The van der Waals surface area contributed by atoms with Crippen LogP contribution < -0.4 is 9.47 Å². The van der Waals surface area contributed by atoms with E-state index in [4.69, 9.17) is 9.47 Å². The van der Waals surface area contributed by atoms with Gasteiger partial charge in [0.2, 0.25) is 0 Å². The number of benzene rings is 2. The number of quaternary nitrogens is 1. The Morgan fingerprint density at radius 1 is 0.630 bits per heavy atom. The van der Waals surface area contributed by atoms with Crippen LogP contribution in [-0.4, -0.2) is 42.9 Å². The molecule has 4 atom stereocenters. The Kier molecular flexibility index (Phi) is 5.40. The number of ether oxygens (including phenoxy) is 2. The molecule has 4 rings (SSSR count). The summed E-state index contributed by atoms with van der Waals surface area (Å²) >= 11 is 0. The number of nitrogens with zero attached hydrogens (tertiary/aromatic N) is 1. The van der Waals surface area contributed by atoms with Crippen molar-refractivity contribution >= 4 is 0 Å². The zero-order valence-corrected chi connectivity index (χ0v) is 16.6. The Bertz CT molecular complexity index is 654. The quantitative estimate of drug-likeness (QED) is 0.665. The predicted octanol–water partition coefficient (Wildman–Crippen LogP) is 5.06. The lowest BCUT2D eigenvalue weighted by Crippen LogP contribution is -2.54. The van der Waals surface area contributed by atoms with Crippen LogP contribution in [0, 0.1) is 0 Å². The van der Waals surface area contributed by atoms with Gasteiger partial charge < -0.3 is 14.0 Å². The van der Waals surface area contributed by atoms with E-state index in [1.165, 1.54) is 12.8 Å². The number of para-hydroxylation sites is 2. The van der Waals surface area contributed by atoms with E-state index in [9.17, 15) is 0 Å². The van der Waals surface area contributed by atoms with Crippen LogP contribution in [0.1, 0.15) is 38.5 Å². The summed E-state index contributed by atoms with van der Waals surface area (Å²) in [4.78, 5) is 0. The van der Waals surface area contributed by atoms with Crippen molar-refractivity contribution in [2.24, 2.45) is 0 Å². The van der Waals surface area contributed by atoms with Crippen molar-refractivity contribution in [3.63, 3.8) is 0 Å². The van der Waals surface area contributed by atoms with Gasteiger partial charge in [-0.2, -0.15) is 0 Å². The lowest BCUT2D eigenvalue weighted by atomic mass is 10.1. The Morgan fingerprint density at radius 2 is 1.04 bits per heavy atom. The lowest BCUT2D eigenvalue weighted by molar-refractivity contribution is -0.937. The summed E-state index contributed by atoms with van der Waals surface area (Å²) in [5, 5.41) is 0. The fraction of sp³-hybridized carbons (Fsp3) is 0.500. The predicted molar refractivity (Wildman–Crippen MR) is 109 cm³/mol. The van der Waals surface area contributed by atoms with Gasteiger partial charge in [-0.15, -0.1) is 0 Å². The summed E-state index contributed by atoms with van der Waals surface area (Å²) in [5.41, 5.74) is 0. The third-order valence-electron chi connectivity index (χ3n) is 6.69. The van der Waals surface area contributed by atoms with E-state index in [0.29, 0.717) is 24.3 Å². The molecular formula is C24H32NO2+. The van der Waals surface area contributed by atoms with Crippen molar-refractivity contribution in [1.82, 2.24) is 0 Å². The summed E-state index contributed by atoms with van der Waals surface area (Å²) in [6.07, 6.45) is 7.86. The third-order valence-corrected chi connectivity index (χ3v) is 6.69. The van der Waals surface area contributed by atoms with Crippen molar-refractivity contribution in [3.05, 3.63) is 60.7 Å². The van der Waals surface area contributed by atoms with Gasteiger partial charge in [-0.3, -0.25) is 0 Å². The zero-order chi connectivity index (χ0) is 18.7. The van der Waals surface area contributed by atoms with E-state index in [0.717, 1.165) is 41.7 Å². The van der Waals surface area contributed by atoms with Crippen LogP contribution >= 0.6 is 0 Å². The average Bonchev–Trinajstić information content (AvgIpc) is 3.34. The van der Waals surface area contributed by atoms with Crippen molar-refractivity contribution in [2.75, 3.05) is 14.1 Å². The van der Waals surface area contributed by atoms with Crippen molar-refractivity contribution < 1.29 is 14.0 Å². The van der Waals surface area contributed by atoms with E-state index in [1.807, 2.05) is 36.4 Å². The van der Waals surface area contributed by atoms with Gasteiger partial charge in [0.05, 0.1) is 26.2 Å². The summed E-state index contributed by atoms with van der Waals surface area (Å²) in [6, 6.07) is 21.9. The summed E-state index contributed by atoms with van der Waals surface area (Å²) < 4.78 is 13.6. The van der Waals surface area contributed by atoms with Gasteiger partial charge in [-0.1, -0.05) is 36.4 Å². The molecule has 0 N–H and O–H groups in total. The molecule has 0 aliphatic heterocycles. The Morgan fingerprint density at radius 3 is 1.44 bits per heavy atom. The standard InChI is InChI=1S/C24H32NO2/c1-25(2,19-13-15-23(17-19)26-21-9-5-3-6-10-21)20-14-16-24(18-20)27-22-11-7-4-8-12-22/h3-12,19-20,23-24H,13-18H2,1-2H3/q+1. The van der Waals surface area contributed by atoms with Crippen molar-refractivity contribution in [3.8, 4) is 11.5 Å². The molecule has 4 unspecified atom stereocenters. The molecule has 144 valence electrons. The highest BCUT2D eigenvalue weighted by molar-refractivity contribution is 5.22. The Labute approximate surface area is 163 Å². The molecule has 0 heterocycles. The molecule has 27 heavy (non-hydrogen) atoms. The van der Waals surface area contributed by atoms with Gasteiger partial charge >= 0.3 is 0 Å². The van der Waals surface area contributed by atoms with Crippen molar-refractivity contribution in [1.29, 1.82) is 0 Å². The Balaban J connectivity index is 1.32.